The monoisotopic (exact) mass is 296 g/mol. The van der Waals surface area contributed by atoms with Crippen molar-refractivity contribution in [3.8, 4) is 0 Å². The standard InChI is InChI=1S/C19H24N2O/c1-13(14-5-9-16(10-6-14)19(2,3)4)21-17-11-7-15(8-12-17)18(20)22/h5-13,21H,1-4H3,(H2,20,22). The molecule has 3 N–H and O–H groups in total. The predicted molar refractivity (Wildman–Crippen MR) is 92.1 cm³/mol. The quantitative estimate of drug-likeness (QED) is 0.886. The lowest BCUT2D eigenvalue weighted by Crippen LogP contribution is -2.12. The second-order valence-electron chi connectivity index (χ2n) is 6.68. The number of hydrogen-bond donors (Lipinski definition) is 2. The maximum Gasteiger partial charge on any atom is 0.248 e. The van der Waals surface area contributed by atoms with Gasteiger partial charge in [0.15, 0.2) is 0 Å². The average Bonchev–Trinajstić information content (AvgIpc) is 2.47. The van der Waals surface area contributed by atoms with Crippen molar-refractivity contribution < 1.29 is 4.79 Å². The fourth-order valence-corrected chi connectivity index (χ4v) is 2.34. The number of amides is 1. The summed E-state index contributed by atoms with van der Waals surface area (Å²) in [6.45, 7) is 8.76. The van der Waals surface area contributed by atoms with E-state index < -0.39 is 5.91 Å². The molecule has 0 saturated heterocycles. The maximum absolute atomic E-state index is 11.1. The summed E-state index contributed by atoms with van der Waals surface area (Å²) in [5.74, 6) is -0.405. The number of nitrogens with one attached hydrogen (secondary N) is 1. The molecule has 3 heteroatoms. The highest BCUT2D eigenvalue weighted by Crippen LogP contribution is 2.25. The Morgan fingerprint density at radius 3 is 2.00 bits per heavy atom. The van der Waals surface area contributed by atoms with Gasteiger partial charge in [-0.3, -0.25) is 4.79 Å². The zero-order valence-corrected chi connectivity index (χ0v) is 13.7. The zero-order valence-electron chi connectivity index (χ0n) is 13.7. The highest BCUT2D eigenvalue weighted by atomic mass is 16.1. The van der Waals surface area contributed by atoms with Crippen LogP contribution in [0.3, 0.4) is 0 Å². The minimum absolute atomic E-state index is 0.166. The number of carbonyl (C=O) groups is 1. The van der Waals surface area contributed by atoms with Crippen LogP contribution in [0, 0.1) is 0 Å². The summed E-state index contributed by atoms with van der Waals surface area (Å²) >= 11 is 0. The van der Waals surface area contributed by atoms with Crippen molar-refractivity contribution in [2.75, 3.05) is 5.32 Å². The molecular weight excluding hydrogens is 272 g/mol. The number of primary amides is 1. The molecule has 1 unspecified atom stereocenters. The second kappa shape index (κ2) is 6.22. The highest BCUT2D eigenvalue weighted by molar-refractivity contribution is 5.93. The van der Waals surface area contributed by atoms with Gasteiger partial charge in [0.05, 0.1) is 0 Å². The molecule has 1 atom stereocenters. The molecule has 2 aromatic rings. The van der Waals surface area contributed by atoms with Crippen LogP contribution in [-0.2, 0) is 5.41 Å². The fourth-order valence-electron chi connectivity index (χ4n) is 2.34. The number of rotatable bonds is 4. The molecule has 0 aliphatic carbocycles. The molecule has 2 rings (SSSR count). The Hall–Kier alpha value is -2.29. The van der Waals surface area contributed by atoms with Gasteiger partial charge in [0.1, 0.15) is 0 Å². The molecule has 3 nitrogen and oxygen atoms in total. The molecule has 2 aromatic carbocycles. The zero-order chi connectivity index (χ0) is 16.3. The first kappa shape index (κ1) is 16.1. The van der Waals surface area contributed by atoms with E-state index >= 15 is 0 Å². The number of carbonyl (C=O) groups excluding carboxylic acids is 1. The van der Waals surface area contributed by atoms with Crippen molar-refractivity contribution in [2.45, 2.75) is 39.2 Å². The Morgan fingerprint density at radius 2 is 1.55 bits per heavy atom. The Labute approximate surface area is 132 Å². The molecule has 22 heavy (non-hydrogen) atoms. The molecular formula is C19H24N2O. The van der Waals surface area contributed by atoms with Gasteiger partial charge in [0.2, 0.25) is 5.91 Å². The normalized spacial score (nSPS) is 12.7. The van der Waals surface area contributed by atoms with E-state index in [2.05, 4.69) is 57.3 Å². The number of anilines is 1. The molecule has 0 heterocycles. The van der Waals surface area contributed by atoms with Crippen LogP contribution in [0.2, 0.25) is 0 Å². The Morgan fingerprint density at radius 1 is 1.00 bits per heavy atom. The van der Waals surface area contributed by atoms with E-state index in [9.17, 15) is 4.79 Å². The third kappa shape index (κ3) is 3.88. The van der Waals surface area contributed by atoms with Crippen molar-refractivity contribution in [1.29, 1.82) is 0 Å². The lowest BCUT2D eigenvalue weighted by atomic mass is 9.86. The average molecular weight is 296 g/mol. The van der Waals surface area contributed by atoms with Crippen LogP contribution in [0.4, 0.5) is 5.69 Å². The van der Waals surface area contributed by atoms with Crippen molar-refractivity contribution in [3.05, 3.63) is 65.2 Å². The first-order valence-electron chi connectivity index (χ1n) is 7.54. The topological polar surface area (TPSA) is 55.1 Å². The molecule has 0 fully saturated rings. The van der Waals surface area contributed by atoms with Gasteiger partial charge in [-0.1, -0.05) is 45.0 Å². The van der Waals surface area contributed by atoms with Crippen LogP contribution in [0.5, 0.6) is 0 Å². The van der Waals surface area contributed by atoms with Gasteiger partial charge in [-0.2, -0.15) is 0 Å². The summed E-state index contributed by atoms with van der Waals surface area (Å²) < 4.78 is 0. The first-order valence-corrected chi connectivity index (χ1v) is 7.54. The van der Waals surface area contributed by atoms with E-state index in [1.807, 2.05) is 12.1 Å². The second-order valence-corrected chi connectivity index (χ2v) is 6.68. The largest absolute Gasteiger partial charge is 0.379 e. The predicted octanol–water partition coefficient (Wildman–Crippen LogP) is 4.26. The highest BCUT2D eigenvalue weighted by Gasteiger charge is 2.14. The molecule has 0 aromatic heterocycles. The van der Waals surface area contributed by atoms with Gasteiger partial charge in [-0.25, -0.2) is 0 Å². The summed E-state index contributed by atoms with van der Waals surface area (Å²) in [5, 5.41) is 3.43. The lowest BCUT2D eigenvalue weighted by Gasteiger charge is -2.21. The molecule has 1 amide bonds. The van der Waals surface area contributed by atoms with Crippen LogP contribution < -0.4 is 11.1 Å². The van der Waals surface area contributed by atoms with Crippen LogP contribution >= 0.6 is 0 Å². The van der Waals surface area contributed by atoms with Crippen LogP contribution in [-0.4, -0.2) is 5.91 Å². The Balaban J connectivity index is 2.08. The van der Waals surface area contributed by atoms with Gasteiger partial charge >= 0.3 is 0 Å². The molecule has 0 radical (unpaired) electrons. The summed E-state index contributed by atoms with van der Waals surface area (Å²) in [5.41, 5.74) is 9.46. The van der Waals surface area contributed by atoms with E-state index in [0.717, 1.165) is 5.69 Å². The number of hydrogen-bond acceptors (Lipinski definition) is 2. The van der Waals surface area contributed by atoms with Crippen molar-refractivity contribution in [2.24, 2.45) is 5.73 Å². The first-order chi connectivity index (χ1) is 10.3. The van der Waals surface area contributed by atoms with E-state index in [0.29, 0.717) is 5.56 Å². The maximum atomic E-state index is 11.1. The third-order valence-electron chi connectivity index (χ3n) is 3.83. The smallest absolute Gasteiger partial charge is 0.248 e. The van der Waals surface area contributed by atoms with Crippen molar-refractivity contribution in [3.63, 3.8) is 0 Å². The molecule has 0 aliphatic rings. The lowest BCUT2D eigenvalue weighted by molar-refractivity contribution is 0.100. The molecule has 116 valence electrons. The van der Waals surface area contributed by atoms with E-state index in [-0.39, 0.29) is 11.5 Å². The number of benzene rings is 2. The fraction of sp³-hybridized carbons (Fsp3) is 0.316. The molecule has 0 bridgehead atoms. The molecule has 0 spiro atoms. The van der Waals surface area contributed by atoms with E-state index in [1.54, 1.807) is 12.1 Å². The summed E-state index contributed by atoms with van der Waals surface area (Å²) in [7, 11) is 0. The molecule has 0 aliphatic heterocycles. The summed E-state index contributed by atoms with van der Waals surface area (Å²) in [4.78, 5) is 11.1. The van der Waals surface area contributed by atoms with Gasteiger partial charge in [-0.05, 0) is 47.7 Å². The van der Waals surface area contributed by atoms with Gasteiger partial charge in [-0.15, -0.1) is 0 Å². The van der Waals surface area contributed by atoms with Crippen LogP contribution in [0.15, 0.2) is 48.5 Å². The summed E-state index contributed by atoms with van der Waals surface area (Å²) in [6, 6.07) is 16.1. The number of nitrogens with two attached hydrogens (primary N) is 1. The van der Waals surface area contributed by atoms with E-state index in [1.165, 1.54) is 11.1 Å². The Kier molecular flexibility index (Phi) is 4.55. The summed E-state index contributed by atoms with van der Waals surface area (Å²) in [6.07, 6.45) is 0. The van der Waals surface area contributed by atoms with Crippen molar-refractivity contribution in [1.82, 2.24) is 0 Å². The Bertz CT molecular complexity index is 637. The molecule has 0 saturated carbocycles. The minimum Gasteiger partial charge on any atom is -0.379 e. The van der Waals surface area contributed by atoms with Crippen LogP contribution in [0.1, 0.15) is 55.2 Å². The minimum atomic E-state index is -0.405. The van der Waals surface area contributed by atoms with Gasteiger partial charge < -0.3 is 11.1 Å². The van der Waals surface area contributed by atoms with E-state index in [4.69, 9.17) is 5.73 Å². The van der Waals surface area contributed by atoms with Crippen molar-refractivity contribution >= 4 is 11.6 Å². The third-order valence-corrected chi connectivity index (χ3v) is 3.83. The van der Waals surface area contributed by atoms with Gasteiger partial charge in [0.25, 0.3) is 0 Å². The van der Waals surface area contributed by atoms with Crippen LogP contribution in [0.25, 0.3) is 0 Å². The SMILES string of the molecule is CC(Nc1ccc(C(N)=O)cc1)c1ccc(C(C)(C)C)cc1. The van der Waals surface area contributed by atoms with Gasteiger partial charge in [0, 0.05) is 17.3 Å².